The second-order valence-electron chi connectivity index (χ2n) is 14.5. The molecule has 4 rings (SSSR count). The van der Waals surface area contributed by atoms with E-state index in [0.717, 1.165) is 36.1 Å². The fraction of sp³-hybridized carbons (Fsp3) is 0.488. The van der Waals surface area contributed by atoms with Crippen LogP contribution >= 0.6 is 0 Å². The summed E-state index contributed by atoms with van der Waals surface area (Å²) in [4.78, 5) is 29.6. The number of hydrogen-bond donors (Lipinski definition) is 10. The van der Waals surface area contributed by atoms with Crippen molar-refractivity contribution < 1.29 is 73.8 Å². The van der Waals surface area contributed by atoms with Crippen molar-refractivity contribution in [2.24, 2.45) is 16.6 Å². The van der Waals surface area contributed by atoms with E-state index in [4.69, 9.17) is 34.2 Å². The molecular weight excluding hydrogens is 788 g/mol. The summed E-state index contributed by atoms with van der Waals surface area (Å²) in [6.45, 7) is 7.64. The summed E-state index contributed by atoms with van der Waals surface area (Å²) in [7, 11) is 2.62. The number of carboxylic acids is 1. The van der Waals surface area contributed by atoms with Gasteiger partial charge < -0.3 is 80.5 Å². The molecule has 330 valence electrons. The van der Waals surface area contributed by atoms with E-state index in [9.17, 15) is 45.3 Å². The number of aromatic hydroxyl groups is 2. The molecule has 0 unspecified atom stereocenters. The van der Waals surface area contributed by atoms with Crippen LogP contribution in [0, 0.1) is 5.92 Å². The molecule has 0 bridgehead atoms. The number of nitrogens with two attached hydrogens (primary N) is 1. The molecule has 11 N–H and O–H groups in total. The number of aliphatic imine (C=N–C) groups is 1. The zero-order chi connectivity index (χ0) is 44.3. The summed E-state index contributed by atoms with van der Waals surface area (Å²) in [5, 5.41) is 81.5. The molecule has 0 amide bonds. The Hall–Kier alpha value is -5.73. The van der Waals surface area contributed by atoms with Gasteiger partial charge in [-0.05, 0) is 43.2 Å². The molecule has 60 heavy (non-hydrogen) atoms. The predicted molar refractivity (Wildman–Crippen MR) is 217 cm³/mol. The third-order valence-corrected chi connectivity index (χ3v) is 9.64. The number of nitrogens with one attached hydrogen (secondary N) is 2. The summed E-state index contributed by atoms with van der Waals surface area (Å²) in [5.41, 5.74) is 7.02. The Labute approximate surface area is 347 Å². The highest BCUT2D eigenvalue weighted by Gasteiger charge is 2.49. The highest BCUT2D eigenvalue weighted by molar-refractivity contribution is 5.96. The van der Waals surface area contributed by atoms with Crippen molar-refractivity contribution in [3.05, 3.63) is 64.7 Å². The lowest BCUT2D eigenvalue weighted by atomic mass is 9.98. The van der Waals surface area contributed by atoms with Gasteiger partial charge in [-0.15, -0.1) is 0 Å². The van der Waals surface area contributed by atoms with Crippen LogP contribution in [-0.2, 0) is 22.3 Å². The number of phenolic OH excluding ortho intramolecular Hbond substituents is 2. The van der Waals surface area contributed by atoms with E-state index in [2.05, 4.69) is 29.5 Å². The first-order valence-corrected chi connectivity index (χ1v) is 19.3. The number of guanidine groups is 1. The number of esters is 1. The highest BCUT2D eigenvalue weighted by atomic mass is 16.7. The number of carbonyl (C=O) groups is 2. The minimum atomic E-state index is -2.38. The molecule has 3 aromatic rings. The van der Waals surface area contributed by atoms with Crippen LogP contribution in [0.3, 0.4) is 0 Å². The molecule has 0 saturated carbocycles. The number of carboxylic acid groups (broad SMARTS) is 1. The zero-order valence-corrected chi connectivity index (χ0v) is 34.3. The fourth-order valence-corrected chi connectivity index (χ4v) is 6.16. The van der Waals surface area contributed by atoms with Gasteiger partial charge in [0.15, 0.2) is 41.8 Å². The number of benzene rings is 3. The number of aromatic carboxylic acids is 1. The first-order valence-electron chi connectivity index (χ1n) is 19.3. The Bertz CT molecular complexity index is 1960. The van der Waals surface area contributed by atoms with Crippen molar-refractivity contribution in [3.8, 4) is 34.5 Å². The second-order valence-corrected chi connectivity index (χ2v) is 14.5. The minimum absolute atomic E-state index is 0.000882. The Morgan fingerprint density at radius 3 is 2.27 bits per heavy atom. The number of aliphatic hydroxyl groups excluding tert-OH is 4. The van der Waals surface area contributed by atoms with E-state index in [1.54, 1.807) is 0 Å². The number of phenols is 2. The number of ether oxygens (including phenoxy) is 6. The molecule has 1 heterocycles. The van der Waals surface area contributed by atoms with Crippen molar-refractivity contribution in [1.82, 2.24) is 5.32 Å². The molecule has 19 nitrogen and oxygen atoms in total. The van der Waals surface area contributed by atoms with Crippen LogP contribution in [0.1, 0.15) is 72.4 Å². The van der Waals surface area contributed by atoms with Crippen LogP contribution in [0.15, 0.2) is 47.5 Å². The van der Waals surface area contributed by atoms with Gasteiger partial charge >= 0.3 is 11.9 Å². The standard InChI is InChI=1S/C41H56N4O15/c1-7-22-9-8-10-23(15-22)13-14-56-35-30(46)25(17-29(55-6)31(35)47)38(53)60-39(54)36-33(49)32(48)34(50)40(59-36)58-28-18-26(45-21(4)12-11-20(2)3)24(37(51)52)16-27(28)57-19-44-41(42)43-5/h8-10,15-18,20-21,32-34,36,39-40,45-50,54H,7,11-14,19H2,1-6H3,(H,51,52)(H3,42,43,44)/t21-,32+,33+,34-,36+,39+,40-/m1/s1. The van der Waals surface area contributed by atoms with Crippen molar-refractivity contribution in [2.75, 3.05) is 32.8 Å². The Balaban J connectivity index is 1.59. The summed E-state index contributed by atoms with van der Waals surface area (Å²) in [6.07, 6.45) is -9.64. The highest BCUT2D eigenvalue weighted by Crippen LogP contribution is 2.46. The van der Waals surface area contributed by atoms with E-state index in [0.29, 0.717) is 18.8 Å². The number of aryl methyl sites for hydroxylation is 1. The van der Waals surface area contributed by atoms with Crippen LogP contribution in [0.4, 0.5) is 5.69 Å². The van der Waals surface area contributed by atoms with Gasteiger partial charge in [0, 0.05) is 37.7 Å². The topological polar surface area (TPSA) is 294 Å². The average Bonchev–Trinajstić information content (AvgIpc) is 3.21. The van der Waals surface area contributed by atoms with Crippen LogP contribution in [-0.4, -0.2) is 124 Å². The smallest absolute Gasteiger partial charge is 0.344 e. The molecule has 19 heteroatoms. The quantitative estimate of drug-likeness (QED) is 0.0338. The molecule has 0 aromatic heterocycles. The van der Waals surface area contributed by atoms with E-state index in [1.807, 2.05) is 38.1 Å². The zero-order valence-electron chi connectivity index (χ0n) is 34.3. The monoisotopic (exact) mass is 844 g/mol. The Kier molecular flexibility index (Phi) is 16.8. The molecule has 1 saturated heterocycles. The molecular formula is C41H56N4O15. The molecule has 1 aliphatic rings. The molecule has 3 aromatic carbocycles. The van der Waals surface area contributed by atoms with Gasteiger partial charge in [-0.2, -0.15) is 0 Å². The van der Waals surface area contributed by atoms with Gasteiger partial charge in [-0.25, -0.2) is 9.59 Å². The molecule has 7 atom stereocenters. The summed E-state index contributed by atoms with van der Waals surface area (Å²) in [6, 6.07) is 10.9. The van der Waals surface area contributed by atoms with E-state index in [1.165, 1.54) is 20.2 Å². The fourth-order valence-electron chi connectivity index (χ4n) is 6.16. The number of anilines is 1. The van der Waals surface area contributed by atoms with Crippen LogP contribution in [0.5, 0.6) is 34.5 Å². The molecule has 0 aliphatic carbocycles. The maximum atomic E-state index is 13.4. The van der Waals surface area contributed by atoms with Gasteiger partial charge in [-0.3, -0.25) is 4.99 Å². The SMILES string of the molecule is CCc1cccc(CCOc2c(O)c(OC)cc(C(=O)O[C@H](O)[C@H]3O[C@@H](Oc4cc(N[C@H](C)CCC(C)C)c(C(=O)O)cc4OCNC(N)=NC)[C@H](O)[C@@H](O)[C@@H]3O)c2O)c1. The van der Waals surface area contributed by atoms with Crippen molar-refractivity contribution in [1.29, 1.82) is 0 Å². The third-order valence-electron chi connectivity index (χ3n) is 9.64. The predicted octanol–water partition coefficient (Wildman–Crippen LogP) is 2.46. The summed E-state index contributed by atoms with van der Waals surface area (Å²) < 4.78 is 33.4. The molecule has 0 spiro atoms. The van der Waals surface area contributed by atoms with E-state index in [-0.39, 0.29) is 53.8 Å². The molecule has 1 fully saturated rings. The van der Waals surface area contributed by atoms with Gasteiger partial charge in [0.2, 0.25) is 24.1 Å². The molecule has 1 aliphatic heterocycles. The first kappa shape index (κ1) is 47.0. The average molecular weight is 845 g/mol. The van der Waals surface area contributed by atoms with Crippen LogP contribution in [0.25, 0.3) is 0 Å². The lowest BCUT2D eigenvalue weighted by molar-refractivity contribution is -0.309. The second kappa shape index (κ2) is 21.5. The normalized spacial score (nSPS) is 20.2. The number of carbonyl (C=O) groups excluding carboxylic acids is 1. The van der Waals surface area contributed by atoms with Gasteiger partial charge in [0.05, 0.1) is 25.0 Å². The first-order chi connectivity index (χ1) is 28.5. The molecule has 0 radical (unpaired) electrons. The lowest BCUT2D eigenvalue weighted by Crippen LogP contribution is -2.62. The number of methoxy groups -OCH3 is 1. The maximum Gasteiger partial charge on any atom is 0.344 e. The number of aliphatic hydroxyl groups is 4. The number of hydrogen-bond acceptors (Lipinski definition) is 16. The van der Waals surface area contributed by atoms with Crippen LogP contribution < -0.4 is 35.3 Å². The Morgan fingerprint density at radius 2 is 1.62 bits per heavy atom. The van der Waals surface area contributed by atoms with Gasteiger partial charge in [0.25, 0.3) is 0 Å². The van der Waals surface area contributed by atoms with Crippen molar-refractivity contribution >= 4 is 23.6 Å². The maximum absolute atomic E-state index is 13.4. The van der Waals surface area contributed by atoms with Gasteiger partial charge in [0.1, 0.15) is 23.9 Å². The van der Waals surface area contributed by atoms with Crippen molar-refractivity contribution in [3.63, 3.8) is 0 Å². The number of nitrogens with zero attached hydrogens (tertiary/aromatic N) is 1. The minimum Gasteiger partial charge on any atom is -0.504 e. The lowest BCUT2D eigenvalue weighted by Gasteiger charge is -2.41. The van der Waals surface area contributed by atoms with E-state index < -0.39 is 71.7 Å². The van der Waals surface area contributed by atoms with Crippen molar-refractivity contribution in [2.45, 2.75) is 96.4 Å². The third kappa shape index (κ3) is 11.9. The van der Waals surface area contributed by atoms with Crippen LogP contribution in [0.2, 0.25) is 0 Å². The largest absolute Gasteiger partial charge is 0.504 e. The number of rotatable bonds is 20. The summed E-state index contributed by atoms with van der Waals surface area (Å²) >= 11 is 0. The Morgan fingerprint density at radius 1 is 0.917 bits per heavy atom. The van der Waals surface area contributed by atoms with Gasteiger partial charge in [-0.1, -0.05) is 45.0 Å². The van der Waals surface area contributed by atoms with E-state index >= 15 is 0 Å². The summed E-state index contributed by atoms with van der Waals surface area (Å²) in [5.74, 6) is -4.96.